The standard InChI is InChI=1S/C11H25N3O2/c1-11(2,3)16-10(15)14-9(13)7-5-4-6-8-12/h9H,4-8,12-13H2,1-3H3,(H,14,15). The van der Waals surface area contributed by atoms with Crippen molar-refractivity contribution in [3.05, 3.63) is 0 Å². The van der Waals surface area contributed by atoms with Crippen molar-refractivity contribution in [3.8, 4) is 0 Å². The van der Waals surface area contributed by atoms with Gasteiger partial charge in [0, 0.05) is 0 Å². The van der Waals surface area contributed by atoms with Gasteiger partial charge in [-0.25, -0.2) is 4.79 Å². The first-order valence-corrected chi connectivity index (χ1v) is 5.80. The molecule has 5 heteroatoms. The summed E-state index contributed by atoms with van der Waals surface area (Å²) in [5.41, 5.74) is 10.6. The predicted octanol–water partition coefficient (Wildman–Crippen LogP) is 1.31. The summed E-state index contributed by atoms with van der Waals surface area (Å²) in [6.45, 7) is 6.16. The number of rotatable bonds is 6. The molecule has 0 radical (unpaired) electrons. The Morgan fingerprint density at radius 2 is 1.94 bits per heavy atom. The minimum Gasteiger partial charge on any atom is -0.444 e. The Hall–Kier alpha value is -0.810. The van der Waals surface area contributed by atoms with Crippen molar-refractivity contribution in [3.63, 3.8) is 0 Å². The minimum atomic E-state index is -0.483. The maximum absolute atomic E-state index is 11.3. The third kappa shape index (κ3) is 9.73. The van der Waals surface area contributed by atoms with Crippen molar-refractivity contribution in [2.24, 2.45) is 11.5 Å². The van der Waals surface area contributed by atoms with Gasteiger partial charge < -0.3 is 21.5 Å². The van der Waals surface area contributed by atoms with Crippen LogP contribution in [-0.4, -0.2) is 24.4 Å². The molecule has 1 unspecified atom stereocenters. The van der Waals surface area contributed by atoms with E-state index in [1.807, 2.05) is 20.8 Å². The van der Waals surface area contributed by atoms with Crippen LogP contribution in [0.15, 0.2) is 0 Å². The molecule has 0 aliphatic carbocycles. The van der Waals surface area contributed by atoms with Crippen LogP contribution in [0.1, 0.15) is 46.5 Å². The van der Waals surface area contributed by atoms with Crippen molar-refractivity contribution in [1.82, 2.24) is 5.32 Å². The van der Waals surface area contributed by atoms with Crippen molar-refractivity contribution in [1.29, 1.82) is 0 Å². The van der Waals surface area contributed by atoms with Gasteiger partial charge >= 0.3 is 6.09 Å². The minimum absolute atomic E-state index is 0.340. The van der Waals surface area contributed by atoms with Gasteiger partial charge in [0.1, 0.15) is 5.60 Å². The van der Waals surface area contributed by atoms with Crippen molar-refractivity contribution < 1.29 is 9.53 Å². The van der Waals surface area contributed by atoms with Crippen LogP contribution in [0.25, 0.3) is 0 Å². The van der Waals surface area contributed by atoms with Gasteiger partial charge in [0.15, 0.2) is 0 Å². The first-order chi connectivity index (χ1) is 7.35. The van der Waals surface area contributed by atoms with Crippen LogP contribution in [-0.2, 0) is 4.74 Å². The van der Waals surface area contributed by atoms with Gasteiger partial charge in [-0.3, -0.25) is 0 Å². The molecular weight excluding hydrogens is 206 g/mol. The summed E-state index contributed by atoms with van der Waals surface area (Å²) < 4.78 is 5.09. The Balaban J connectivity index is 3.62. The summed E-state index contributed by atoms with van der Waals surface area (Å²) in [6.07, 6.45) is 2.96. The number of hydrogen-bond donors (Lipinski definition) is 3. The number of carbonyl (C=O) groups excluding carboxylic acids is 1. The van der Waals surface area contributed by atoms with E-state index in [0.29, 0.717) is 6.54 Å². The van der Waals surface area contributed by atoms with Gasteiger partial charge in [0.25, 0.3) is 0 Å². The van der Waals surface area contributed by atoms with Crippen LogP contribution < -0.4 is 16.8 Å². The maximum atomic E-state index is 11.3. The number of nitrogens with two attached hydrogens (primary N) is 2. The fourth-order valence-electron chi connectivity index (χ4n) is 1.22. The molecule has 0 aromatic carbocycles. The van der Waals surface area contributed by atoms with Crippen LogP contribution in [0.3, 0.4) is 0 Å². The lowest BCUT2D eigenvalue weighted by molar-refractivity contribution is 0.0503. The van der Waals surface area contributed by atoms with Gasteiger partial charge in [-0.05, 0) is 40.2 Å². The number of alkyl carbamates (subject to hydrolysis) is 1. The quantitative estimate of drug-likeness (QED) is 0.475. The Bertz CT molecular complexity index is 202. The molecule has 0 rings (SSSR count). The van der Waals surface area contributed by atoms with E-state index in [2.05, 4.69) is 5.32 Å². The molecular formula is C11H25N3O2. The number of carbonyl (C=O) groups is 1. The topological polar surface area (TPSA) is 90.4 Å². The molecule has 1 atom stereocenters. The second kappa shape index (κ2) is 7.46. The molecule has 0 aromatic heterocycles. The predicted molar refractivity (Wildman–Crippen MR) is 64.9 cm³/mol. The number of amides is 1. The van der Waals surface area contributed by atoms with E-state index in [1.165, 1.54) is 0 Å². The SMILES string of the molecule is CC(C)(C)OC(=O)NC(N)CCCCCN. The second-order valence-corrected chi connectivity index (χ2v) is 4.89. The van der Waals surface area contributed by atoms with Crippen LogP contribution in [0, 0.1) is 0 Å². The zero-order valence-electron chi connectivity index (χ0n) is 10.6. The van der Waals surface area contributed by atoms with Crippen LogP contribution in [0.4, 0.5) is 4.79 Å². The zero-order chi connectivity index (χ0) is 12.6. The van der Waals surface area contributed by atoms with Crippen molar-refractivity contribution >= 4 is 6.09 Å². The first kappa shape index (κ1) is 15.2. The lowest BCUT2D eigenvalue weighted by Gasteiger charge is -2.21. The monoisotopic (exact) mass is 231 g/mol. The van der Waals surface area contributed by atoms with Crippen LogP contribution in [0.5, 0.6) is 0 Å². The number of hydrogen-bond acceptors (Lipinski definition) is 4. The molecule has 0 heterocycles. The van der Waals surface area contributed by atoms with E-state index in [9.17, 15) is 4.79 Å². The van der Waals surface area contributed by atoms with Crippen LogP contribution >= 0.6 is 0 Å². The van der Waals surface area contributed by atoms with E-state index in [-0.39, 0.29) is 6.17 Å². The van der Waals surface area contributed by atoms with E-state index in [0.717, 1.165) is 25.7 Å². The third-order valence-corrected chi connectivity index (χ3v) is 1.92. The fraction of sp³-hybridized carbons (Fsp3) is 0.909. The molecule has 5 nitrogen and oxygen atoms in total. The molecule has 0 bridgehead atoms. The molecule has 0 saturated carbocycles. The zero-order valence-corrected chi connectivity index (χ0v) is 10.6. The van der Waals surface area contributed by atoms with E-state index >= 15 is 0 Å². The first-order valence-electron chi connectivity index (χ1n) is 5.80. The Kier molecular flexibility index (Phi) is 7.08. The molecule has 0 saturated heterocycles. The molecule has 0 fully saturated rings. The lowest BCUT2D eigenvalue weighted by Crippen LogP contribution is -2.44. The van der Waals surface area contributed by atoms with Gasteiger partial charge in [-0.15, -0.1) is 0 Å². The lowest BCUT2D eigenvalue weighted by atomic mass is 10.1. The molecule has 0 aliphatic rings. The van der Waals surface area contributed by atoms with Gasteiger partial charge in [0.2, 0.25) is 0 Å². The summed E-state index contributed by atoms with van der Waals surface area (Å²) >= 11 is 0. The summed E-state index contributed by atoms with van der Waals surface area (Å²) in [4.78, 5) is 11.3. The molecule has 0 spiro atoms. The van der Waals surface area contributed by atoms with Gasteiger partial charge in [-0.1, -0.05) is 12.8 Å². The molecule has 96 valence electrons. The average Bonchev–Trinajstić information content (AvgIpc) is 2.09. The largest absolute Gasteiger partial charge is 0.444 e. The summed E-state index contributed by atoms with van der Waals surface area (Å²) in [7, 11) is 0. The van der Waals surface area contributed by atoms with E-state index < -0.39 is 11.7 Å². The van der Waals surface area contributed by atoms with Gasteiger partial charge in [0.05, 0.1) is 6.17 Å². The molecule has 0 aliphatic heterocycles. The molecule has 0 aromatic rings. The number of nitrogens with one attached hydrogen (secondary N) is 1. The summed E-state index contributed by atoms with van der Waals surface area (Å²) in [5.74, 6) is 0. The molecule has 16 heavy (non-hydrogen) atoms. The average molecular weight is 231 g/mol. The summed E-state index contributed by atoms with van der Waals surface area (Å²) in [5, 5.41) is 2.60. The van der Waals surface area contributed by atoms with Crippen molar-refractivity contribution in [2.45, 2.75) is 58.2 Å². The highest BCUT2D eigenvalue weighted by Gasteiger charge is 2.17. The second-order valence-electron chi connectivity index (χ2n) is 4.89. The molecule has 1 amide bonds. The van der Waals surface area contributed by atoms with Gasteiger partial charge in [-0.2, -0.15) is 0 Å². The van der Waals surface area contributed by atoms with E-state index in [1.54, 1.807) is 0 Å². The highest BCUT2D eigenvalue weighted by atomic mass is 16.6. The van der Waals surface area contributed by atoms with Crippen LogP contribution in [0.2, 0.25) is 0 Å². The fourth-order valence-corrected chi connectivity index (χ4v) is 1.22. The smallest absolute Gasteiger partial charge is 0.408 e. The number of unbranched alkanes of at least 4 members (excludes halogenated alkanes) is 2. The maximum Gasteiger partial charge on any atom is 0.408 e. The Labute approximate surface area is 97.9 Å². The Morgan fingerprint density at radius 3 is 2.44 bits per heavy atom. The number of ether oxygens (including phenoxy) is 1. The normalized spacial score (nSPS) is 13.3. The third-order valence-electron chi connectivity index (χ3n) is 1.92. The summed E-state index contributed by atoms with van der Waals surface area (Å²) in [6, 6.07) is 0. The van der Waals surface area contributed by atoms with E-state index in [4.69, 9.17) is 16.2 Å². The highest BCUT2D eigenvalue weighted by Crippen LogP contribution is 2.07. The van der Waals surface area contributed by atoms with Crippen molar-refractivity contribution in [2.75, 3.05) is 6.54 Å². The highest BCUT2D eigenvalue weighted by molar-refractivity contribution is 5.67. The molecule has 5 N–H and O–H groups in total. The Morgan fingerprint density at radius 1 is 1.31 bits per heavy atom.